The number of nitrogens with zero attached hydrogens (tertiary/aromatic N) is 1. The molecule has 1 fully saturated rings. The van der Waals surface area contributed by atoms with Gasteiger partial charge in [-0.3, -0.25) is 4.79 Å². The number of halogens is 1. The summed E-state index contributed by atoms with van der Waals surface area (Å²) in [6.07, 6.45) is 1.77. The van der Waals surface area contributed by atoms with Crippen LogP contribution in [-0.2, 0) is 11.3 Å². The minimum Gasteiger partial charge on any atom is -0.481 e. The van der Waals surface area contributed by atoms with Crippen LogP contribution in [0.15, 0.2) is 22.7 Å². The maximum atomic E-state index is 12.2. The van der Waals surface area contributed by atoms with Crippen molar-refractivity contribution in [3.63, 3.8) is 0 Å². The van der Waals surface area contributed by atoms with Gasteiger partial charge in [-0.2, -0.15) is 0 Å². The van der Waals surface area contributed by atoms with E-state index in [-0.39, 0.29) is 5.91 Å². The lowest BCUT2D eigenvalue weighted by molar-refractivity contribution is -0.136. The minimum absolute atomic E-state index is 0.0839. The predicted octanol–water partition coefficient (Wildman–Crippen LogP) is 2.56. The van der Waals surface area contributed by atoms with Gasteiger partial charge in [-0.1, -0.05) is 15.9 Å². The summed E-state index contributed by atoms with van der Waals surface area (Å²) in [7, 11) is 1.90. The van der Waals surface area contributed by atoms with E-state index in [0.717, 1.165) is 48.3 Å². The Kier molecular flexibility index (Phi) is 5.43. The predicted molar refractivity (Wildman–Crippen MR) is 82.8 cm³/mol. The fourth-order valence-corrected chi connectivity index (χ4v) is 2.79. The van der Waals surface area contributed by atoms with E-state index in [1.54, 1.807) is 0 Å². The molecule has 110 valence electrons. The zero-order valence-corrected chi connectivity index (χ0v) is 13.6. The van der Waals surface area contributed by atoms with Crippen molar-refractivity contribution >= 4 is 21.8 Å². The van der Waals surface area contributed by atoms with E-state index in [4.69, 9.17) is 4.74 Å². The van der Waals surface area contributed by atoms with Crippen molar-refractivity contribution in [1.29, 1.82) is 0 Å². The van der Waals surface area contributed by atoms with Gasteiger partial charge in [0.1, 0.15) is 5.75 Å². The number of likely N-dealkylation sites (tertiary alicyclic amines) is 1. The zero-order chi connectivity index (χ0) is 14.5. The van der Waals surface area contributed by atoms with Gasteiger partial charge < -0.3 is 15.0 Å². The van der Waals surface area contributed by atoms with Crippen LogP contribution < -0.4 is 10.1 Å². The standard InChI is InChI=1S/C15H21BrN2O2/c1-11(15(19)18-7-3-4-8-18)20-13-5-6-14(16)12(9-13)10-17-2/h5-6,9,11,17H,3-4,7-8,10H2,1-2H3. The van der Waals surface area contributed by atoms with Crippen LogP contribution in [0, 0.1) is 0 Å². The lowest BCUT2D eigenvalue weighted by atomic mass is 10.2. The molecule has 5 heteroatoms. The summed E-state index contributed by atoms with van der Waals surface area (Å²) in [4.78, 5) is 14.1. The van der Waals surface area contributed by atoms with E-state index in [1.807, 2.05) is 37.1 Å². The Balaban J connectivity index is 2.01. The van der Waals surface area contributed by atoms with Crippen molar-refractivity contribution in [2.24, 2.45) is 0 Å². The SMILES string of the molecule is CNCc1cc(OC(C)C(=O)N2CCCC2)ccc1Br. The molecule has 1 aliphatic rings. The van der Waals surface area contributed by atoms with E-state index in [0.29, 0.717) is 0 Å². The molecule has 1 amide bonds. The molecule has 1 atom stereocenters. The number of nitrogens with one attached hydrogen (secondary N) is 1. The van der Waals surface area contributed by atoms with Crippen LogP contribution in [0.3, 0.4) is 0 Å². The molecular formula is C15H21BrN2O2. The van der Waals surface area contributed by atoms with E-state index in [2.05, 4.69) is 21.2 Å². The minimum atomic E-state index is -0.434. The van der Waals surface area contributed by atoms with Crippen LogP contribution >= 0.6 is 15.9 Å². The van der Waals surface area contributed by atoms with Crippen LogP contribution in [-0.4, -0.2) is 37.0 Å². The van der Waals surface area contributed by atoms with Gasteiger partial charge >= 0.3 is 0 Å². The highest BCUT2D eigenvalue weighted by Crippen LogP contribution is 2.23. The maximum absolute atomic E-state index is 12.2. The Hall–Kier alpha value is -1.07. The maximum Gasteiger partial charge on any atom is 0.263 e. The van der Waals surface area contributed by atoms with E-state index < -0.39 is 6.10 Å². The van der Waals surface area contributed by atoms with Gasteiger partial charge in [0, 0.05) is 24.1 Å². The molecule has 1 N–H and O–H groups in total. The molecule has 0 aliphatic carbocycles. The van der Waals surface area contributed by atoms with Gasteiger partial charge in [-0.25, -0.2) is 0 Å². The van der Waals surface area contributed by atoms with Crippen LogP contribution in [0.5, 0.6) is 5.75 Å². The van der Waals surface area contributed by atoms with Gasteiger partial charge in [-0.15, -0.1) is 0 Å². The number of carbonyl (C=O) groups excluding carboxylic acids is 1. The second-order valence-electron chi connectivity index (χ2n) is 5.08. The van der Waals surface area contributed by atoms with Crippen LogP contribution in [0.4, 0.5) is 0 Å². The number of rotatable bonds is 5. The molecule has 0 radical (unpaired) electrons. The summed E-state index contributed by atoms with van der Waals surface area (Å²) >= 11 is 3.51. The van der Waals surface area contributed by atoms with E-state index in [9.17, 15) is 4.79 Å². The summed E-state index contributed by atoms with van der Waals surface area (Å²) in [5.41, 5.74) is 1.12. The quantitative estimate of drug-likeness (QED) is 0.895. The highest BCUT2D eigenvalue weighted by Gasteiger charge is 2.24. The number of ether oxygens (including phenoxy) is 1. The van der Waals surface area contributed by atoms with E-state index >= 15 is 0 Å². The fraction of sp³-hybridized carbons (Fsp3) is 0.533. The van der Waals surface area contributed by atoms with Gasteiger partial charge in [0.05, 0.1) is 0 Å². The first-order valence-corrected chi connectivity index (χ1v) is 7.79. The van der Waals surface area contributed by atoms with Crippen molar-refractivity contribution in [2.45, 2.75) is 32.4 Å². The summed E-state index contributed by atoms with van der Waals surface area (Å²) in [5, 5.41) is 3.11. The lowest BCUT2D eigenvalue weighted by Crippen LogP contribution is -2.38. The number of amides is 1. The second kappa shape index (κ2) is 7.09. The molecule has 0 bridgehead atoms. The zero-order valence-electron chi connectivity index (χ0n) is 12.0. The van der Waals surface area contributed by atoms with Gasteiger partial charge in [0.2, 0.25) is 0 Å². The fourth-order valence-electron chi connectivity index (χ4n) is 2.40. The lowest BCUT2D eigenvalue weighted by Gasteiger charge is -2.21. The second-order valence-corrected chi connectivity index (χ2v) is 5.93. The van der Waals surface area contributed by atoms with Gasteiger partial charge in [0.25, 0.3) is 5.91 Å². The Morgan fingerprint density at radius 1 is 1.45 bits per heavy atom. The molecule has 0 aromatic heterocycles. The third kappa shape index (κ3) is 3.73. The number of hydrogen-bond acceptors (Lipinski definition) is 3. The monoisotopic (exact) mass is 340 g/mol. The van der Waals surface area contributed by atoms with Crippen molar-refractivity contribution in [1.82, 2.24) is 10.2 Å². The first kappa shape index (κ1) is 15.3. The Labute approximate surface area is 128 Å². The summed E-state index contributed by atoms with van der Waals surface area (Å²) in [6.45, 7) is 4.29. The van der Waals surface area contributed by atoms with Crippen LogP contribution in [0.25, 0.3) is 0 Å². The molecule has 0 saturated carbocycles. The number of hydrogen-bond donors (Lipinski definition) is 1. The first-order valence-electron chi connectivity index (χ1n) is 7.00. The third-order valence-electron chi connectivity index (χ3n) is 3.46. The molecular weight excluding hydrogens is 320 g/mol. The average molecular weight is 341 g/mol. The third-order valence-corrected chi connectivity index (χ3v) is 4.24. The molecule has 2 rings (SSSR count). The van der Waals surface area contributed by atoms with Gasteiger partial charge in [0.15, 0.2) is 6.10 Å². The smallest absolute Gasteiger partial charge is 0.263 e. The molecule has 1 aromatic carbocycles. The number of carbonyl (C=O) groups is 1. The normalized spacial score (nSPS) is 16.2. The first-order chi connectivity index (χ1) is 9.61. The molecule has 1 aromatic rings. The Morgan fingerprint density at radius 3 is 2.80 bits per heavy atom. The van der Waals surface area contributed by atoms with Crippen LogP contribution in [0.1, 0.15) is 25.3 Å². The van der Waals surface area contributed by atoms with Crippen LogP contribution in [0.2, 0.25) is 0 Å². The van der Waals surface area contributed by atoms with Crippen molar-refractivity contribution in [2.75, 3.05) is 20.1 Å². The highest BCUT2D eigenvalue weighted by molar-refractivity contribution is 9.10. The van der Waals surface area contributed by atoms with Gasteiger partial charge in [-0.05, 0) is 50.6 Å². The topological polar surface area (TPSA) is 41.6 Å². The highest BCUT2D eigenvalue weighted by atomic mass is 79.9. The molecule has 1 saturated heterocycles. The molecule has 20 heavy (non-hydrogen) atoms. The molecule has 1 heterocycles. The van der Waals surface area contributed by atoms with E-state index in [1.165, 1.54) is 0 Å². The number of benzene rings is 1. The summed E-state index contributed by atoms with van der Waals surface area (Å²) < 4.78 is 6.83. The Morgan fingerprint density at radius 2 is 2.15 bits per heavy atom. The molecule has 0 spiro atoms. The average Bonchev–Trinajstić information content (AvgIpc) is 2.96. The molecule has 1 unspecified atom stereocenters. The van der Waals surface area contributed by atoms with Crippen molar-refractivity contribution in [3.8, 4) is 5.75 Å². The van der Waals surface area contributed by atoms with Crippen molar-refractivity contribution in [3.05, 3.63) is 28.2 Å². The molecule has 1 aliphatic heterocycles. The summed E-state index contributed by atoms with van der Waals surface area (Å²) in [5.74, 6) is 0.819. The Bertz CT molecular complexity index is 473. The largest absolute Gasteiger partial charge is 0.481 e. The van der Waals surface area contributed by atoms with Crippen molar-refractivity contribution < 1.29 is 9.53 Å². The molecule has 4 nitrogen and oxygen atoms in total. The summed E-state index contributed by atoms with van der Waals surface area (Å²) in [6, 6.07) is 5.81.